The summed E-state index contributed by atoms with van der Waals surface area (Å²) in [7, 11) is 0. The highest BCUT2D eigenvalue weighted by molar-refractivity contribution is 5.84. The van der Waals surface area contributed by atoms with Crippen LogP contribution >= 0.6 is 0 Å². The van der Waals surface area contributed by atoms with E-state index in [4.69, 9.17) is 0 Å². The van der Waals surface area contributed by atoms with Crippen molar-refractivity contribution in [3.63, 3.8) is 0 Å². The molecule has 36 heavy (non-hydrogen) atoms. The second-order valence-corrected chi connectivity index (χ2v) is 9.04. The first kappa shape index (κ1) is 24.7. The number of nitriles is 1. The monoisotopic (exact) mass is 477 g/mol. The minimum absolute atomic E-state index is 0.558. The maximum Gasteiger partial charge on any atom is 0.136 e. The molecule has 0 fully saturated rings. The van der Waals surface area contributed by atoms with Gasteiger partial charge in [-0.3, -0.25) is 0 Å². The highest BCUT2D eigenvalue weighted by Gasteiger charge is 2.13. The summed E-state index contributed by atoms with van der Waals surface area (Å²) in [4.78, 5) is 11.0. The van der Waals surface area contributed by atoms with Crippen molar-refractivity contribution in [2.45, 2.75) is 40.2 Å². The van der Waals surface area contributed by atoms with Gasteiger partial charge in [-0.05, 0) is 61.1 Å². The van der Waals surface area contributed by atoms with Crippen LogP contribution in [-0.4, -0.2) is 19.6 Å². The number of aromatic nitrogens is 4. The predicted octanol–water partition coefficient (Wildman–Crippen LogP) is 6.35. The molecule has 0 saturated heterocycles. The number of rotatable bonds is 10. The molecule has 4 rings (SSSR count). The number of aryl methyl sites for hydroxylation is 1. The van der Waals surface area contributed by atoms with Crippen molar-refractivity contribution in [2.24, 2.45) is 5.92 Å². The summed E-state index contributed by atoms with van der Waals surface area (Å²) < 4.78 is 1.82. The molecular weight excluding hydrogens is 446 g/mol. The summed E-state index contributed by atoms with van der Waals surface area (Å²) in [5, 5.41) is 17.4. The van der Waals surface area contributed by atoms with E-state index < -0.39 is 0 Å². The van der Waals surface area contributed by atoms with Crippen LogP contribution in [0.2, 0.25) is 0 Å². The molecule has 0 spiro atoms. The lowest BCUT2D eigenvalue weighted by molar-refractivity contribution is 0.585. The summed E-state index contributed by atoms with van der Waals surface area (Å²) in [5.74, 6) is 2.20. The van der Waals surface area contributed by atoms with Gasteiger partial charge in [-0.1, -0.05) is 32.6 Å². The van der Waals surface area contributed by atoms with Crippen molar-refractivity contribution in [3.8, 4) is 17.2 Å². The summed E-state index contributed by atoms with van der Waals surface area (Å²) in [6.45, 7) is 10.8. The minimum Gasteiger partial charge on any atom is -0.366 e. The summed E-state index contributed by atoms with van der Waals surface area (Å²) >= 11 is 0. The van der Waals surface area contributed by atoms with Crippen molar-refractivity contribution in [2.75, 3.05) is 10.2 Å². The fraction of sp³-hybridized carbons (Fsp3) is 0.241. The molecule has 0 aliphatic carbocycles. The van der Waals surface area contributed by atoms with Crippen LogP contribution in [-0.2, 0) is 13.0 Å². The minimum atomic E-state index is 0.558. The first-order valence-corrected chi connectivity index (χ1v) is 12.1. The molecule has 4 aromatic heterocycles. The topological polar surface area (TPSA) is 82.1 Å². The van der Waals surface area contributed by atoms with E-state index >= 15 is 0 Å². The van der Waals surface area contributed by atoms with Gasteiger partial charge in [0.15, 0.2) is 0 Å². The fourth-order valence-corrected chi connectivity index (χ4v) is 3.99. The highest BCUT2D eigenvalue weighted by Crippen LogP contribution is 2.29. The summed E-state index contributed by atoms with van der Waals surface area (Å²) in [6.07, 6.45) is 15.0. The molecule has 1 N–H and O–H groups in total. The Kier molecular flexibility index (Phi) is 7.76. The number of anilines is 2. The van der Waals surface area contributed by atoms with Crippen LogP contribution in [0.4, 0.5) is 11.6 Å². The first-order chi connectivity index (χ1) is 17.5. The smallest absolute Gasteiger partial charge is 0.136 e. The molecule has 0 aliphatic rings. The number of hydrogen-bond donors (Lipinski definition) is 1. The summed E-state index contributed by atoms with van der Waals surface area (Å²) in [5.41, 5.74) is 5.53. The lowest BCUT2D eigenvalue weighted by Gasteiger charge is -2.14. The largest absolute Gasteiger partial charge is 0.366 e. The molecule has 182 valence electrons. The third kappa shape index (κ3) is 5.61. The molecule has 0 aromatic carbocycles. The van der Waals surface area contributed by atoms with Crippen molar-refractivity contribution in [1.29, 1.82) is 5.26 Å². The standard InChI is InChI=1S/C29H31N7/c1-5-13-35(6-2)28-12-9-23(17-33-28)16-31-27-11-10-24(18-32-27)26-14-22(8-7-21(3)4)20-36-29(26)25(15-30)19-34-36/h5-6,9-14,17-21H,2,7-8,16H2,1,3-4H3,(H,31,32)/b13-5-. The maximum atomic E-state index is 9.61. The van der Waals surface area contributed by atoms with Crippen LogP contribution in [0.25, 0.3) is 16.6 Å². The van der Waals surface area contributed by atoms with Gasteiger partial charge in [-0.15, -0.1) is 0 Å². The molecule has 7 heteroatoms. The third-order valence-electron chi connectivity index (χ3n) is 5.93. The molecule has 4 aromatic rings. The number of pyridine rings is 3. The van der Waals surface area contributed by atoms with Crippen LogP contribution in [0.1, 0.15) is 43.9 Å². The fourth-order valence-electron chi connectivity index (χ4n) is 3.99. The third-order valence-corrected chi connectivity index (χ3v) is 5.93. The Morgan fingerprint density at radius 2 is 2.00 bits per heavy atom. The Morgan fingerprint density at radius 1 is 1.14 bits per heavy atom. The zero-order valence-electron chi connectivity index (χ0n) is 21.0. The van der Waals surface area contributed by atoms with E-state index in [1.54, 1.807) is 12.4 Å². The van der Waals surface area contributed by atoms with Gasteiger partial charge in [0.1, 0.15) is 17.7 Å². The molecule has 0 radical (unpaired) electrons. The highest BCUT2D eigenvalue weighted by atomic mass is 15.2. The van der Waals surface area contributed by atoms with Gasteiger partial charge in [0.25, 0.3) is 0 Å². The molecule has 0 amide bonds. The predicted molar refractivity (Wildman–Crippen MR) is 145 cm³/mol. The molecule has 0 unspecified atom stereocenters. The molecular formula is C29H31N7. The van der Waals surface area contributed by atoms with Crippen molar-refractivity contribution in [3.05, 3.63) is 96.9 Å². The lowest BCUT2D eigenvalue weighted by atomic mass is 9.99. The van der Waals surface area contributed by atoms with Crippen molar-refractivity contribution < 1.29 is 0 Å². The molecule has 4 heterocycles. The Labute approximate surface area is 212 Å². The normalized spacial score (nSPS) is 11.2. The molecule has 0 saturated carbocycles. The zero-order chi connectivity index (χ0) is 25.5. The number of hydrogen-bond acceptors (Lipinski definition) is 6. The number of nitrogens with one attached hydrogen (secondary N) is 1. The Morgan fingerprint density at radius 3 is 2.64 bits per heavy atom. The van der Waals surface area contributed by atoms with Gasteiger partial charge >= 0.3 is 0 Å². The van der Waals surface area contributed by atoms with E-state index in [-0.39, 0.29) is 0 Å². The Bertz CT molecular complexity index is 1390. The average Bonchev–Trinajstić information content (AvgIpc) is 3.33. The van der Waals surface area contributed by atoms with E-state index in [9.17, 15) is 5.26 Å². The van der Waals surface area contributed by atoms with E-state index in [1.807, 2.05) is 71.5 Å². The van der Waals surface area contributed by atoms with E-state index in [2.05, 4.69) is 52.9 Å². The van der Waals surface area contributed by atoms with Crippen molar-refractivity contribution in [1.82, 2.24) is 19.6 Å². The lowest BCUT2D eigenvalue weighted by Crippen LogP contribution is -2.08. The van der Waals surface area contributed by atoms with Gasteiger partial charge in [0.2, 0.25) is 0 Å². The van der Waals surface area contributed by atoms with Gasteiger partial charge in [0, 0.05) is 48.7 Å². The van der Waals surface area contributed by atoms with Crippen LogP contribution in [0.3, 0.4) is 0 Å². The Hall–Kier alpha value is -4.44. The van der Waals surface area contributed by atoms with Crippen LogP contribution in [0, 0.1) is 17.2 Å². The molecule has 0 aliphatic heterocycles. The molecule has 7 nitrogen and oxygen atoms in total. The number of allylic oxidation sites excluding steroid dienone is 1. The quantitative estimate of drug-likeness (QED) is 0.287. The van der Waals surface area contributed by atoms with Gasteiger partial charge in [0.05, 0.1) is 17.3 Å². The average molecular weight is 478 g/mol. The van der Waals surface area contributed by atoms with E-state index in [0.29, 0.717) is 18.0 Å². The van der Waals surface area contributed by atoms with Crippen LogP contribution in [0.15, 0.2) is 80.2 Å². The first-order valence-electron chi connectivity index (χ1n) is 12.1. The number of fused-ring (bicyclic) bond motifs is 1. The zero-order valence-corrected chi connectivity index (χ0v) is 21.0. The maximum absolute atomic E-state index is 9.61. The van der Waals surface area contributed by atoms with Crippen molar-refractivity contribution >= 4 is 17.2 Å². The van der Waals surface area contributed by atoms with Gasteiger partial charge in [-0.25, -0.2) is 14.5 Å². The van der Waals surface area contributed by atoms with Crippen LogP contribution < -0.4 is 10.2 Å². The Balaban J connectivity index is 1.52. The van der Waals surface area contributed by atoms with Gasteiger partial charge < -0.3 is 10.2 Å². The van der Waals surface area contributed by atoms with Crippen LogP contribution in [0.5, 0.6) is 0 Å². The molecule has 0 bridgehead atoms. The second kappa shape index (κ2) is 11.3. The second-order valence-electron chi connectivity index (χ2n) is 9.04. The SMILES string of the molecule is C=CN(/C=C\C)c1ccc(CNc2ccc(-c3cc(CCC(C)C)cn4ncc(C#N)c34)cn2)cn1. The van der Waals surface area contributed by atoms with E-state index in [1.165, 1.54) is 5.56 Å². The molecule has 0 atom stereocenters. The number of nitrogens with zero attached hydrogens (tertiary/aromatic N) is 6. The van der Waals surface area contributed by atoms with Gasteiger partial charge in [-0.2, -0.15) is 10.4 Å². The summed E-state index contributed by atoms with van der Waals surface area (Å²) in [6, 6.07) is 12.4. The van der Waals surface area contributed by atoms with E-state index in [0.717, 1.165) is 46.7 Å².